The van der Waals surface area contributed by atoms with Gasteiger partial charge in [0.1, 0.15) is 0 Å². The molecule has 0 fully saturated rings. The van der Waals surface area contributed by atoms with E-state index >= 15 is 0 Å². The molecule has 0 aliphatic rings. The summed E-state index contributed by atoms with van der Waals surface area (Å²) < 4.78 is 0. The second-order valence-electron chi connectivity index (χ2n) is 2.76. The molecule has 0 saturated carbocycles. The van der Waals surface area contributed by atoms with Gasteiger partial charge in [0.15, 0.2) is 0 Å². The van der Waals surface area contributed by atoms with Gasteiger partial charge in [0.25, 0.3) is 0 Å². The van der Waals surface area contributed by atoms with Gasteiger partial charge in [-0.05, 0) is 25.0 Å². The van der Waals surface area contributed by atoms with E-state index in [1.807, 2.05) is 25.4 Å². The average molecular weight is 162 g/mol. The van der Waals surface area contributed by atoms with E-state index < -0.39 is 0 Å². The maximum atomic E-state index is 4.28. The summed E-state index contributed by atoms with van der Waals surface area (Å²) in [6.45, 7) is 7.91. The molecule has 0 aliphatic carbocycles. The lowest BCUT2D eigenvalue weighted by molar-refractivity contribution is 1.19. The normalized spacial score (nSPS) is 10.8. The van der Waals surface area contributed by atoms with Crippen molar-refractivity contribution in [2.75, 3.05) is 0 Å². The number of nitrogens with one attached hydrogen (secondary N) is 1. The maximum absolute atomic E-state index is 4.28. The van der Waals surface area contributed by atoms with E-state index in [0.29, 0.717) is 0 Å². The summed E-state index contributed by atoms with van der Waals surface area (Å²) in [6, 6.07) is 1.95. The third-order valence-corrected chi connectivity index (χ3v) is 1.77. The molecule has 0 atom stereocenters. The van der Waals surface area contributed by atoms with Gasteiger partial charge in [-0.1, -0.05) is 13.5 Å². The predicted octanol–water partition coefficient (Wildman–Crippen LogP) is 2.99. The Bertz CT molecular complexity index is 295. The highest BCUT2D eigenvalue weighted by molar-refractivity contribution is 5.80. The Labute approximate surface area is 73.0 Å². The van der Waals surface area contributed by atoms with E-state index in [4.69, 9.17) is 0 Å². The van der Waals surface area contributed by atoms with Crippen LogP contribution in [0.1, 0.15) is 19.0 Å². The van der Waals surface area contributed by atoms with E-state index in [1.54, 1.807) is 0 Å². The quantitative estimate of drug-likeness (QED) is 0.662. The molecule has 0 spiro atoms. The maximum Gasteiger partial charge on any atom is 0.0833 e. The number of hydrogen-bond acceptors (Lipinski definition) is 1. The van der Waals surface area contributed by atoms with Gasteiger partial charge < -0.3 is 4.98 Å². The summed E-state index contributed by atoms with van der Waals surface area (Å²) in [7, 11) is 0. The fourth-order valence-electron chi connectivity index (χ4n) is 0.837. The predicted molar refractivity (Wildman–Crippen MR) is 53.1 cm³/mol. The van der Waals surface area contributed by atoms with Crippen LogP contribution in [0.4, 0.5) is 5.69 Å². The third-order valence-electron chi connectivity index (χ3n) is 1.77. The molecule has 1 aromatic heterocycles. The Hall–Kier alpha value is -1.31. The molecule has 0 aliphatic heterocycles. The van der Waals surface area contributed by atoms with Crippen molar-refractivity contribution < 1.29 is 0 Å². The Morgan fingerprint density at radius 2 is 2.50 bits per heavy atom. The molecule has 2 nitrogen and oxygen atoms in total. The Morgan fingerprint density at radius 1 is 1.75 bits per heavy atom. The smallest absolute Gasteiger partial charge is 0.0833 e. The average Bonchev–Trinajstić information content (AvgIpc) is 2.47. The third kappa shape index (κ3) is 2.09. The zero-order valence-electron chi connectivity index (χ0n) is 7.59. The SMILES string of the molecule is C=C(C=Nc1cc[nH]c1C)CC. The van der Waals surface area contributed by atoms with Crippen molar-refractivity contribution in [3.63, 3.8) is 0 Å². The van der Waals surface area contributed by atoms with Crippen molar-refractivity contribution in [2.24, 2.45) is 4.99 Å². The minimum Gasteiger partial charge on any atom is -0.363 e. The number of H-pyrrole nitrogens is 1. The van der Waals surface area contributed by atoms with Crippen molar-refractivity contribution in [3.05, 3.63) is 30.1 Å². The van der Waals surface area contributed by atoms with Crippen LogP contribution in [0.15, 0.2) is 29.4 Å². The number of allylic oxidation sites excluding steroid dienone is 1. The number of aryl methyl sites for hydroxylation is 1. The summed E-state index contributed by atoms with van der Waals surface area (Å²) >= 11 is 0. The molecule has 0 bridgehead atoms. The molecule has 1 heterocycles. The Morgan fingerprint density at radius 3 is 3.00 bits per heavy atom. The molecule has 0 radical (unpaired) electrons. The van der Waals surface area contributed by atoms with E-state index in [-0.39, 0.29) is 0 Å². The molecule has 12 heavy (non-hydrogen) atoms. The second-order valence-corrected chi connectivity index (χ2v) is 2.76. The zero-order valence-corrected chi connectivity index (χ0v) is 7.59. The fourth-order valence-corrected chi connectivity index (χ4v) is 0.837. The van der Waals surface area contributed by atoms with Gasteiger partial charge in [-0.25, -0.2) is 0 Å². The van der Waals surface area contributed by atoms with Gasteiger partial charge in [-0.15, -0.1) is 0 Å². The first-order chi connectivity index (χ1) is 5.74. The minimum absolute atomic E-state index is 0.951. The van der Waals surface area contributed by atoms with Crippen molar-refractivity contribution in [3.8, 4) is 0 Å². The molecule has 1 aromatic rings. The molecular formula is C10H14N2. The first-order valence-corrected chi connectivity index (χ1v) is 4.10. The molecule has 1 rings (SSSR count). The van der Waals surface area contributed by atoms with E-state index in [2.05, 4.69) is 23.5 Å². The number of rotatable bonds is 3. The topological polar surface area (TPSA) is 28.1 Å². The summed E-state index contributed by atoms with van der Waals surface area (Å²) in [4.78, 5) is 7.35. The fraction of sp³-hybridized carbons (Fsp3) is 0.300. The van der Waals surface area contributed by atoms with Crippen LogP contribution in [-0.4, -0.2) is 11.2 Å². The number of aromatic nitrogens is 1. The number of nitrogens with zero attached hydrogens (tertiary/aromatic N) is 1. The highest BCUT2D eigenvalue weighted by atomic mass is 14.8. The van der Waals surface area contributed by atoms with Crippen LogP contribution >= 0.6 is 0 Å². The lowest BCUT2D eigenvalue weighted by Gasteiger charge is -1.91. The van der Waals surface area contributed by atoms with Crippen LogP contribution in [-0.2, 0) is 0 Å². The first kappa shape index (κ1) is 8.78. The van der Waals surface area contributed by atoms with Gasteiger partial charge in [-0.3, -0.25) is 4.99 Å². The largest absolute Gasteiger partial charge is 0.363 e. The van der Waals surface area contributed by atoms with Crippen LogP contribution in [0.5, 0.6) is 0 Å². The Kier molecular flexibility index (Phi) is 2.86. The lowest BCUT2D eigenvalue weighted by Crippen LogP contribution is -1.78. The van der Waals surface area contributed by atoms with Gasteiger partial charge in [0.2, 0.25) is 0 Å². The zero-order chi connectivity index (χ0) is 8.97. The number of aromatic amines is 1. The monoisotopic (exact) mass is 162 g/mol. The van der Waals surface area contributed by atoms with Gasteiger partial charge in [0.05, 0.1) is 5.69 Å². The van der Waals surface area contributed by atoms with Crippen molar-refractivity contribution >= 4 is 11.9 Å². The second kappa shape index (κ2) is 3.90. The van der Waals surface area contributed by atoms with E-state index in [1.165, 1.54) is 0 Å². The molecule has 0 saturated heterocycles. The van der Waals surface area contributed by atoms with Crippen molar-refractivity contribution in [2.45, 2.75) is 20.3 Å². The molecule has 0 aromatic carbocycles. The van der Waals surface area contributed by atoms with Gasteiger partial charge in [-0.2, -0.15) is 0 Å². The highest BCUT2D eigenvalue weighted by Crippen LogP contribution is 2.15. The standard InChI is InChI=1S/C10H14N2/c1-4-8(2)7-12-10-5-6-11-9(10)3/h5-7,11H,2,4H2,1,3H3. The van der Waals surface area contributed by atoms with E-state index in [0.717, 1.165) is 23.4 Å². The van der Waals surface area contributed by atoms with Crippen LogP contribution in [0, 0.1) is 6.92 Å². The molecule has 0 amide bonds. The van der Waals surface area contributed by atoms with Crippen LogP contribution < -0.4 is 0 Å². The molecule has 0 unspecified atom stereocenters. The summed E-state index contributed by atoms with van der Waals surface area (Å²) in [6.07, 6.45) is 4.65. The number of aliphatic imine (C=N–C) groups is 1. The van der Waals surface area contributed by atoms with Crippen molar-refractivity contribution in [1.82, 2.24) is 4.98 Å². The van der Waals surface area contributed by atoms with Crippen molar-refractivity contribution in [1.29, 1.82) is 0 Å². The van der Waals surface area contributed by atoms with Crippen LogP contribution in [0.25, 0.3) is 0 Å². The molecule has 2 heteroatoms. The molecule has 1 N–H and O–H groups in total. The molecular weight excluding hydrogens is 148 g/mol. The van der Waals surface area contributed by atoms with Crippen LogP contribution in [0.2, 0.25) is 0 Å². The van der Waals surface area contributed by atoms with Gasteiger partial charge >= 0.3 is 0 Å². The minimum atomic E-state index is 0.951. The summed E-state index contributed by atoms with van der Waals surface area (Å²) in [5.74, 6) is 0. The molecule has 64 valence electrons. The lowest BCUT2D eigenvalue weighted by atomic mass is 10.2. The first-order valence-electron chi connectivity index (χ1n) is 4.10. The Balaban J connectivity index is 2.69. The summed E-state index contributed by atoms with van der Waals surface area (Å²) in [5, 5.41) is 0. The van der Waals surface area contributed by atoms with Crippen LogP contribution in [0.3, 0.4) is 0 Å². The highest BCUT2D eigenvalue weighted by Gasteiger charge is 1.93. The van der Waals surface area contributed by atoms with Gasteiger partial charge in [0, 0.05) is 18.1 Å². The number of hydrogen-bond donors (Lipinski definition) is 1. The van der Waals surface area contributed by atoms with E-state index in [9.17, 15) is 0 Å². The summed E-state index contributed by atoms with van der Waals surface area (Å²) in [5.41, 5.74) is 3.13.